The van der Waals surface area contributed by atoms with Crippen molar-refractivity contribution in [2.45, 2.75) is 38.8 Å². The Labute approximate surface area is 222 Å². The van der Waals surface area contributed by atoms with Gasteiger partial charge < -0.3 is 19.7 Å². The van der Waals surface area contributed by atoms with E-state index in [1.807, 2.05) is 12.1 Å². The van der Waals surface area contributed by atoms with Crippen LogP contribution >= 0.6 is 0 Å². The molecule has 1 aliphatic rings. The van der Waals surface area contributed by atoms with Crippen LogP contribution in [0.15, 0.2) is 66.9 Å². The second-order valence-electron chi connectivity index (χ2n) is 9.19. The van der Waals surface area contributed by atoms with Crippen LogP contribution < -0.4 is 19.7 Å². The average Bonchev–Trinajstić information content (AvgIpc) is 3.06. The topological polar surface area (TPSA) is 101 Å². The molecule has 204 valence electrons. The highest BCUT2D eigenvalue weighted by atomic mass is 19.4. The number of nitrogens with one attached hydrogen (secondary N) is 1. The molecule has 0 aliphatic carbocycles. The van der Waals surface area contributed by atoms with Crippen molar-refractivity contribution in [3.63, 3.8) is 0 Å². The molecule has 0 atom stereocenters. The number of pyridine rings is 1. The van der Waals surface area contributed by atoms with Gasteiger partial charge in [0.05, 0.1) is 12.8 Å². The standard InChI is InChI=1S/C27H25F3N4O5/c1-26(2)24(36)34(19-6-10-21(11-7-19)39-27(28,29)30)25(37)33(26)16-18-12-13-31-22(14-18)23(35)32-15-17-4-8-20(38-3)9-5-17/h4-14H,15-16H2,1-3H3,(H,32,35). The molecule has 1 saturated heterocycles. The van der Waals surface area contributed by atoms with Gasteiger partial charge in [-0.2, -0.15) is 0 Å². The molecule has 9 nitrogen and oxygen atoms in total. The molecule has 4 rings (SSSR count). The van der Waals surface area contributed by atoms with Crippen molar-refractivity contribution in [2.24, 2.45) is 0 Å². The third kappa shape index (κ3) is 6.11. The van der Waals surface area contributed by atoms with Gasteiger partial charge in [-0.05, 0) is 73.5 Å². The molecule has 0 saturated carbocycles. The maximum atomic E-state index is 13.3. The minimum Gasteiger partial charge on any atom is -0.497 e. The van der Waals surface area contributed by atoms with Gasteiger partial charge in [0.2, 0.25) is 0 Å². The summed E-state index contributed by atoms with van der Waals surface area (Å²) in [7, 11) is 1.56. The van der Waals surface area contributed by atoms with Gasteiger partial charge >= 0.3 is 12.4 Å². The number of anilines is 1. The first-order chi connectivity index (χ1) is 18.4. The van der Waals surface area contributed by atoms with E-state index in [-0.39, 0.29) is 24.5 Å². The highest BCUT2D eigenvalue weighted by Crippen LogP contribution is 2.34. The first-order valence-corrected chi connectivity index (χ1v) is 11.8. The number of methoxy groups -OCH3 is 1. The Morgan fingerprint density at radius 1 is 0.974 bits per heavy atom. The van der Waals surface area contributed by atoms with E-state index in [1.54, 1.807) is 39.2 Å². The SMILES string of the molecule is COc1ccc(CNC(=O)c2cc(CN3C(=O)N(c4ccc(OC(F)(F)F)cc4)C(=O)C3(C)C)ccn2)cc1. The van der Waals surface area contributed by atoms with Crippen LogP contribution in [0.4, 0.5) is 23.7 Å². The minimum atomic E-state index is -4.87. The summed E-state index contributed by atoms with van der Waals surface area (Å²) in [5, 5.41) is 2.79. The van der Waals surface area contributed by atoms with Crippen molar-refractivity contribution in [3.05, 3.63) is 83.7 Å². The lowest BCUT2D eigenvalue weighted by atomic mass is 10.0. The Balaban J connectivity index is 1.46. The molecule has 3 aromatic rings. The van der Waals surface area contributed by atoms with Crippen LogP contribution in [0, 0.1) is 0 Å². The number of hydrogen-bond acceptors (Lipinski definition) is 6. The molecule has 39 heavy (non-hydrogen) atoms. The molecule has 0 bridgehead atoms. The van der Waals surface area contributed by atoms with E-state index in [0.29, 0.717) is 11.3 Å². The van der Waals surface area contributed by atoms with Crippen LogP contribution in [-0.4, -0.2) is 46.7 Å². The van der Waals surface area contributed by atoms with Gasteiger partial charge in [-0.1, -0.05) is 12.1 Å². The Morgan fingerprint density at radius 2 is 1.62 bits per heavy atom. The lowest BCUT2D eigenvalue weighted by Crippen LogP contribution is -2.43. The Kier molecular flexibility index (Phi) is 7.48. The summed E-state index contributed by atoms with van der Waals surface area (Å²) < 4.78 is 46.4. The zero-order valence-electron chi connectivity index (χ0n) is 21.3. The van der Waals surface area contributed by atoms with E-state index in [0.717, 1.165) is 22.6 Å². The zero-order chi connectivity index (χ0) is 28.4. The third-order valence-corrected chi connectivity index (χ3v) is 6.16. The molecule has 0 radical (unpaired) electrons. The van der Waals surface area contributed by atoms with E-state index >= 15 is 0 Å². The van der Waals surface area contributed by atoms with Gasteiger partial charge in [-0.25, -0.2) is 9.69 Å². The van der Waals surface area contributed by atoms with Crippen LogP contribution in [0.1, 0.15) is 35.5 Å². The number of benzene rings is 2. The number of carbonyl (C=O) groups excluding carboxylic acids is 3. The molecule has 4 amide bonds. The molecule has 0 unspecified atom stereocenters. The monoisotopic (exact) mass is 542 g/mol. The maximum Gasteiger partial charge on any atom is 0.573 e. The second-order valence-corrected chi connectivity index (χ2v) is 9.19. The number of nitrogens with zero attached hydrogens (tertiary/aromatic N) is 3. The Hall–Kier alpha value is -4.61. The Morgan fingerprint density at radius 3 is 2.23 bits per heavy atom. The van der Waals surface area contributed by atoms with Crippen molar-refractivity contribution in [1.29, 1.82) is 0 Å². The highest BCUT2D eigenvalue weighted by Gasteiger charge is 2.51. The molecule has 2 heterocycles. The molecule has 1 aromatic heterocycles. The van der Waals surface area contributed by atoms with Gasteiger partial charge in [0, 0.05) is 19.3 Å². The first kappa shape index (κ1) is 27.4. The third-order valence-electron chi connectivity index (χ3n) is 6.16. The van der Waals surface area contributed by atoms with Gasteiger partial charge in [0.15, 0.2) is 0 Å². The van der Waals surface area contributed by atoms with Gasteiger partial charge in [0.25, 0.3) is 11.8 Å². The van der Waals surface area contributed by atoms with Gasteiger partial charge in [-0.15, -0.1) is 13.2 Å². The number of urea groups is 1. The fraction of sp³-hybridized carbons (Fsp3) is 0.259. The average molecular weight is 543 g/mol. The number of hydrogen-bond donors (Lipinski definition) is 1. The van der Waals surface area contributed by atoms with Gasteiger partial charge in [0.1, 0.15) is 22.7 Å². The van der Waals surface area contributed by atoms with Crippen molar-refractivity contribution in [1.82, 2.24) is 15.2 Å². The number of amides is 4. The second kappa shape index (κ2) is 10.6. The van der Waals surface area contributed by atoms with Crippen molar-refractivity contribution in [2.75, 3.05) is 12.0 Å². The number of alkyl halides is 3. The van der Waals surface area contributed by atoms with Gasteiger partial charge in [-0.3, -0.25) is 14.6 Å². The number of halogens is 3. The molecule has 0 spiro atoms. The van der Waals surface area contributed by atoms with E-state index in [9.17, 15) is 27.6 Å². The van der Waals surface area contributed by atoms with Crippen molar-refractivity contribution in [3.8, 4) is 11.5 Å². The normalized spacial score (nSPS) is 14.9. The molecular formula is C27H25F3N4O5. The lowest BCUT2D eigenvalue weighted by molar-refractivity contribution is -0.274. The smallest absolute Gasteiger partial charge is 0.497 e. The van der Waals surface area contributed by atoms with E-state index in [2.05, 4.69) is 15.0 Å². The molecular weight excluding hydrogens is 517 g/mol. The number of carbonyl (C=O) groups is 3. The fourth-order valence-corrected chi connectivity index (χ4v) is 4.02. The predicted octanol–water partition coefficient (Wildman–Crippen LogP) is 4.67. The zero-order valence-corrected chi connectivity index (χ0v) is 21.3. The predicted molar refractivity (Wildman–Crippen MR) is 134 cm³/mol. The number of aromatic nitrogens is 1. The summed E-state index contributed by atoms with van der Waals surface area (Å²) in [6.45, 7) is 3.39. The van der Waals surface area contributed by atoms with Crippen molar-refractivity contribution < 1.29 is 37.0 Å². The summed E-state index contributed by atoms with van der Waals surface area (Å²) >= 11 is 0. The molecule has 12 heteroatoms. The summed E-state index contributed by atoms with van der Waals surface area (Å²) in [6.07, 6.45) is -3.43. The number of imide groups is 1. The molecule has 1 fully saturated rings. The quantitative estimate of drug-likeness (QED) is 0.416. The summed E-state index contributed by atoms with van der Waals surface area (Å²) in [6, 6.07) is 14.2. The number of rotatable bonds is 8. The first-order valence-electron chi connectivity index (χ1n) is 11.8. The summed E-state index contributed by atoms with van der Waals surface area (Å²) in [4.78, 5) is 45.5. The number of ether oxygens (including phenoxy) is 2. The minimum absolute atomic E-state index is 0.00930. The molecule has 1 aliphatic heterocycles. The fourth-order valence-electron chi connectivity index (χ4n) is 4.02. The van der Waals surface area contributed by atoms with E-state index < -0.39 is 35.5 Å². The van der Waals surface area contributed by atoms with Crippen LogP contribution in [-0.2, 0) is 17.9 Å². The maximum absolute atomic E-state index is 13.3. The van der Waals surface area contributed by atoms with Crippen LogP contribution in [0.25, 0.3) is 0 Å². The van der Waals surface area contributed by atoms with E-state index in [4.69, 9.17) is 4.74 Å². The van der Waals surface area contributed by atoms with Crippen LogP contribution in [0.3, 0.4) is 0 Å². The van der Waals surface area contributed by atoms with Crippen LogP contribution in [0.2, 0.25) is 0 Å². The molecule has 2 aromatic carbocycles. The van der Waals surface area contributed by atoms with Crippen LogP contribution in [0.5, 0.6) is 11.5 Å². The van der Waals surface area contributed by atoms with E-state index in [1.165, 1.54) is 29.3 Å². The highest BCUT2D eigenvalue weighted by molar-refractivity contribution is 6.22. The molecule has 1 N–H and O–H groups in total. The largest absolute Gasteiger partial charge is 0.573 e. The summed E-state index contributed by atoms with van der Waals surface area (Å²) in [5.41, 5.74) is 0.390. The lowest BCUT2D eigenvalue weighted by Gasteiger charge is -2.27. The Bertz CT molecular complexity index is 1380. The summed E-state index contributed by atoms with van der Waals surface area (Å²) in [5.74, 6) is -0.749. The van der Waals surface area contributed by atoms with Crippen molar-refractivity contribution >= 4 is 23.5 Å².